The molecular formula is C27H19F3N2. The topological polar surface area (TPSA) is 25.8 Å². The fourth-order valence-corrected chi connectivity index (χ4v) is 5.07. The SMILES string of the molecule is FC(F)(F)c1cc(-c2cnc3ccncc3c2)c2ccc3c(c2c1)CCC1=C3C=CCC1. The molecule has 0 saturated heterocycles. The predicted molar refractivity (Wildman–Crippen MR) is 121 cm³/mol. The summed E-state index contributed by atoms with van der Waals surface area (Å²) < 4.78 is 41.8. The molecule has 2 aliphatic carbocycles. The van der Waals surface area contributed by atoms with Gasteiger partial charge in [-0.25, -0.2) is 0 Å². The molecule has 5 heteroatoms. The maximum absolute atomic E-state index is 13.9. The Morgan fingerprint density at radius 3 is 2.62 bits per heavy atom. The molecule has 0 bridgehead atoms. The number of hydrogen-bond donors (Lipinski definition) is 0. The zero-order valence-corrected chi connectivity index (χ0v) is 17.2. The van der Waals surface area contributed by atoms with E-state index in [4.69, 9.17) is 0 Å². The maximum atomic E-state index is 13.9. The Hall–Kier alpha value is -3.47. The molecule has 2 heterocycles. The molecule has 0 spiro atoms. The molecule has 32 heavy (non-hydrogen) atoms. The van der Waals surface area contributed by atoms with Gasteiger partial charge in [0.15, 0.2) is 0 Å². The highest BCUT2D eigenvalue weighted by molar-refractivity contribution is 6.03. The molecule has 6 rings (SSSR count). The number of rotatable bonds is 1. The van der Waals surface area contributed by atoms with E-state index in [1.54, 1.807) is 24.7 Å². The first-order valence-corrected chi connectivity index (χ1v) is 10.7. The van der Waals surface area contributed by atoms with Crippen molar-refractivity contribution in [2.24, 2.45) is 0 Å². The van der Waals surface area contributed by atoms with E-state index in [9.17, 15) is 13.2 Å². The predicted octanol–water partition coefficient (Wildman–Crippen LogP) is 7.52. The molecule has 0 saturated carbocycles. The van der Waals surface area contributed by atoms with Crippen LogP contribution in [-0.4, -0.2) is 9.97 Å². The van der Waals surface area contributed by atoms with Crippen LogP contribution in [0.2, 0.25) is 0 Å². The zero-order chi connectivity index (χ0) is 21.9. The number of aryl methyl sites for hydroxylation is 1. The third-order valence-electron chi connectivity index (χ3n) is 6.61. The number of fused-ring (bicyclic) bond motifs is 5. The van der Waals surface area contributed by atoms with Crippen LogP contribution in [0.4, 0.5) is 13.2 Å². The van der Waals surface area contributed by atoms with Crippen LogP contribution in [0, 0.1) is 0 Å². The van der Waals surface area contributed by atoms with Crippen LogP contribution in [0.15, 0.2) is 72.7 Å². The first kappa shape index (κ1) is 19.2. The van der Waals surface area contributed by atoms with Crippen molar-refractivity contribution < 1.29 is 13.2 Å². The minimum absolute atomic E-state index is 0.551. The van der Waals surface area contributed by atoms with Crippen LogP contribution in [0.25, 0.3) is 38.4 Å². The summed E-state index contributed by atoms with van der Waals surface area (Å²) in [5.41, 5.74) is 6.04. The number of alkyl halides is 3. The largest absolute Gasteiger partial charge is 0.416 e. The molecule has 0 unspecified atom stereocenters. The normalized spacial score (nSPS) is 15.8. The van der Waals surface area contributed by atoms with E-state index in [0.29, 0.717) is 16.5 Å². The monoisotopic (exact) mass is 428 g/mol. The summed E-state index contributed by atoms with van der Waals surface area (Å²) in [6.07, 6.45) is 8.60. The van der Waals surface area contributed by atoms with Gasteiger partial charge in [-0.05, 0) is 83.0 Å². The third-order valence-corrected chi connectivity index (χ3v) is 6.61. The molecule has 0 radical (unpaired) electrons. The van der Waals surface area contributed by atoms with Crippen molar-refractivity contribution in [1.82, 2.24) is 9.97 Å². The summed E-state index contributed by atoms with van der Waals surface area (Å²) in [7, 11) is 0. The molecule has 0 amide bonds. The number of aromatic nitrogens is 2. The van der Waals surface area contributed by atoms with Gasteiger partial charge in [-0.15, -0.1) is 0 Å². The Bertz CT molecular complexity index is 1460. The van der Waals surface area contributed by atoms with E-state index in [0.717, 1.165) is 53.1 Å². The second kappa shape index (κ2) is 7.02. The standard InChI is InChI=1S/C27H19F3N2/c28-27(29,30)19-12-24(17-11-18-14-31-10-9-26(18)32-15-17)23-8-7-21-20-4-2-1-3-16(20)5-6-22(21)25(23)13-19/h2,4,7-15H,1,3,5-6H2. The first-order chi connectivity index (χ1) is 15.5. The van der Waals surface area contributed by atoms with Gasteiger partial charge in [-0.1, -0.05) is 29.9 Å². The second-order valence-corrected chi connectivity index (χ2v) is 8.46. The van der Waals surface area contributed by atoms with Crippen LogP contribution in [0.5, 0.6) is 0 Å². The van der Waals surface area contributed by atoms with Crippen molar-refractivity contribution in [3.8, 4) is 11.1 Å². The highest BCUT2D eigenvalue weighted by Gasteiger charge is 2.32. The Morgan fingerprint density at radius 1 is 0.844 bits per heavy atom. The molecule has 0 aliphatic heterocycles. The fraction of sp³-hybridized carbons (Fsp3) is 0.185. The summed E-state index contributed by atoms with van der Waals surface area (Å²) in [4.78, 5) is 8.59. The lowest BCUT2D eigenvalue weighted by Crippen LogP contribution is -2.09. The first-order valence-electron chi connectivity index (χ1n) is 10.7. The molecule has 4 aromatic rings. The van der Waals surface area contributed by atoms with Crippen molar-refractivity contribution in [3.63, 3.8) is 0 Å². The Balaban J connectivity index is 1.65. The summed E-state index contributed by atoms with van der Waals surface area (Å²) in [5.74, 6) is 0. The number of pyridine rings is 2. The van der Waals surface area contributed by atoms with Crippen LogP contribution in [0.3, 0.4) is 0 Å². The molecule has 0 atom stereocenters. The van der Waals surface area contributed by atoms with Crippen molar-refractivity contribution in [1.29, 1.82) is 0 Å². The van der Waals surface area contributed by atoms with E-state index in [-0.39, 0.29) is 0 Å². The van der Waals surface area contributed by atoms with E-state index in [1.165, 1.54) is 23.3 Å². The Morgan fingerprint density at radius 2 is 1.75 bits per heavy atom. The summed E-state index contributed by atoms with van der Waals surface area (Å²) >= 11 is 0. The van der Waals surface area contributed by atoms with Gasteiger partial charge in [0, 0.05) is 29.5 Å². The van der Waals surface area contributed by atoms with Gasteiger partial charge in [0.2, 0.25) is 0 Å². The lowest BCUT2D eigenvalue weighted by atomic mass is 9.78. The van der Waals surface area contributed by atoms with E-state index in [1.807, 2.05) is 12.1 Å². The van der Waals surface area contributed by atoms with E-state index in [2.05, 4.69) is 28.2 Å². The van der Waals surface area contributed by atoms with Crippen LogP contribution < -0.4 is 0 Å². The molecule has 0 N–H and O–H groups in total. The smallest absolute Gasteiger partial charge is 0.264 e. The number of halogens is 3. The third kappa shape index (κ3) is 3.03. The van der Waals surface area contributed by atoms with Gasteiger partial charge in [0.1, 0.15) is 0 Å². The average molecular weight is 428 g/mol. The number of hydrogen-bond acceptors (Lipinski definition) is 2. The molecule has 0 fully saturated rings. The summed E-state index contributed by atoms with van der Waals surface area (Å²) in [6, 6.07) is 10.3. The lowest BCUT2D eigenvalue weighted by molar-refractivity contribution is -0.137. The molecule has 2 nitrogen and oxygen atoms in total. The van der Waals surface area contributed by atoms with Crippen molar-refractivity contribution in [2.45, 2.75) is 31.9 Å². The molecule has 158 valence electrons. The minimum Gasteiger partial charge on any atom is -0.264 e. The number of allylic oxidation sites excluding steroid dienone is 4. The summed E-state index contributed by atoms with van der Waals surface area (Å²) in [6.45, 7) is 0. The van der Waals surface area contributed by atoms with E-state index < -0.39 is 11.7 Å². The molecule has 2 aromatic heterocycles. The van der Waals surface area contributed by atoms with Crippen molar-refractivity contribution >= 4 is 27.2 Å². The fourth-order valence-electron chi connectivity index (χ4n) is 5.07. The second-order valence-electron chi connectivity index (χ2n) is 8.46. The summed E-state index contributed by atoms with van der Waals surface area (Å²) in [5, 5.41) is 2.31. The van der Waals surface area contributed by atoms with Gasteiger partial charge in [0.05, 0.1) is 11.1 Å². The van der Waals surface area contributed by atoms with Gasteiger partial charge in [-0.3, -0.25) is 9.97 Å². The van der Waals surface area contributed by atoms with Gasteiger partial charge < -0.3 is 0 Å². The quantitative estimate of drug-likeness (QED) is 0.313. The van der Waals surface area contributed by atoms with Crippen LogP contribution >= 0.6 is 0 Å². The van der Waals surface area contributed by atoms with Gasteiger partial charge in [-0.2, -0.15) is 13.2 Å². The molecular weight excluding hydrogens is 409 g/mol. The lowest BCUT2D eigenvalue weighted by Gasteiger charge is -2.26. The Labute approximate surface area is 183 Å². The minimum atomic E-state index is -4.43. The zero-order valence-electron chi connectivity index (χ0n) is 17.2. The average Bonchev–Trinajstić information content (AvgIpc) is 2.82. The Kier molecular flexibility index (Phi) is 4.22. The molecule has 2 aromatic carbocycles. The number of nitrogens with zero attached hydrogens (tertiary/aromatic N) is 2. The van der Waals surface area contributed by atoms with Gasteiger partial charge >= 0.3 is 6.18 Å². The molecule has 2 aliphatic rings. The van der Waals surface area contributed by atoms with Gasteiger partial charge in [0.25, 0.3) is 0 Å². The maximum Gasteiger partial charge on any atom is 0.416 e. The van der Waals surface area contributed by atoms with Crippen LogP contribution in [0.1, 0.15) is 36.0 Å². The van der Waals surface area contributed by atoms with Crippen molar-refractivity contribution in [2.75, 3.05) is 0 Å². The number of benzene rings is 2. The highest BCUT2D eigenvalue weighted by Crippen LogP contribution is 2.44. The highest BCUT2D eigenvalue weighted by atomic mass is 19.4. The van der Waals surface area contributed by atoms with Crippen LogP contribution in [-0.2, 0) is 12.6 Å². The van der Waals surface area contributed by atoms with Crippen molar-refractivity contribution in [3.05, 3.63) is 89.4 Å². The van der Waals surface area contributed by atoms with E-state index >= 15 is 0 Å².